The van der Waals surface area contributed by atoms with Gasteiger partial charge in [0, 0.05) is 13.1 Å². The normalized spacial score (nSPS) is 14.2. The van der Waals surface area contributed by atoms with Gasteiger partial charge in [-0.25, -0.2) is 18.2 Å². The van der Waals surface area contributed by atoms with E-state index in [-0.39, 0.29) is 37.0 Å². The van der Waals surface area contributed by atoms with Crippen LogP contribution in [0.25, 0.3) is 0 Å². The number of hydrogen-bond acceptors (Lipinski definition) is 9. The fourth-order valence-electron chi connectivity index (χ4n) is 3.92. The lowest BCUT2D eigenvalue weighted by atomic mass is 10.1. The van der Waals surface area contributed by atoms with Gasteiger partial charge in [0.1, 0.15) is 17.6 Å². The lowest BCUT2D eigenvalue weighted by Gasteiger charge is -2.33. The summed E-state index contributed by atoms with van der Waals surface area (Å²) in [6, 6.07) is 10.3. The standard InChI is InChI=1S/C24H28N4O6S/c1-4-34-24(30)21-14-18(15-25)23(26-16(21)2)28-11-9-20(10-12-28)35(31,32)27-22(29)13-17-5-7-19(33-3)8-6-17/h5-8,14,20H,4,9-13H2,1-3H3,(H,27,29). The Bertz CT molecular complexity index is 1230. The summed E-state index contributed by atoms with van der Waals surface area (Å²) in [5.74, 6) is -0.0994. The Morgan fingerprint density at radius 1 is 1.23 bits per heavy atom. The van der Waals surface area contributed by atoms with Crippen molar-refractivity contribution in [2.45, 2.75) is 38.4 Å². The number of aromatic nitrogens is 1. The average Bonchev–Trinajstić information content (AvgIpc) is 2.84. The van der Waals surface area contributed by atoms with Gasteiger partial charge in [-0.1, -0.05) is 12.1 Å². The van der Waals surface area contributed by atoms with Gasteiger partial charge in [-0.15, -0.1) is 0 Å². The third-order valence-corrected chi connectivity index (χ3v) is 7.63. The predicted octanol–water partition coefficient (Wildman–Crippen LogP) is 2.10. The number of benzene rings is 1. The maximum Gasteiger partial charge on any atom is 0.340 e. The molecule has 35 heavy (non-hydrogen) atoms. The van der Waals surface area contributed by atoms with Crippen molar-refractivity contribution >= 4 is 27.7 Å². The number of nitrogens with zero attached hydrogens (tertiary/aromatic N) is 3. The minimum Gasteiger partial charge on any atom is -0.497 e. The van der Waals surface area contributed by atoms with Crippen molar-refractivity contribution in [1.82, 2.24) is 9.71 Å². The molecule has 0 spiro atoms. The Kier molecular flexibility index (Phi) is 8.30. The highest BCUT2D eigenvalue weighted by atomic mass is 32.2. The molecule has 0 aliphatic carbocycles. The Labute approximate surface area is 204 Å². The second-order valence-electron chi connectivity index (χ2n) is 8.11. The van der Waals surface area contributed by atoms with E-state index in [1.54, 1.807) is 38.1 Å². The highest BCUT2D eigenvalue weighted by Crippen LogP contribution is 2.26. The van der Waals surface area contributed by atoms with Crippen LogP contribution >= 0.6 is 0 Å². The molecule has 1 saturated heterocycles. The van der Waals surface area contributed by atoms with Crippen LogP contribution in [0, 0.1) is 18.3 Å². The molecule has 10 nitrogen and oxygen atoms in total. The van der Waals surface area contributed by atoms with Crippen molar-refractivity contribution in [3.05, 3.63) is 52.7 Å². The van der Waals surface area contributed by atoms with Gasteiger partial charge in [0.2, 0.25) is 15.9 Å². The van der Waals surface area contributed by atoms with Crippen molar-refractivity contribution in [2.24, 2.45) is 0 Å². The number of piperidine rings is 1. The largest absolute Gasteiger partial charge is 0.497 e. The number of rotatable bonds is 8. The first-order chi connectivity index (χ1) is 16.7. The minimum atomic E-state index is -3.87. The average molecular weight is 501 g/mol. The summed E-state index contributed by atoms with van der Waals surface area (Å²) < 4.78 is 37.9. The number of ether oxygens (including phenoxy) is 2. The second kappa shape index (κ2) is 11.2. The number of sulfonamides is 1. The number of carbonyl (C=O) groups excluding carboxylic acids is 2. The SMILES string of the molecule is CCOC(=O)c1cc(C#N)c(N2CCC(S(=O)(=O)NC(=O)Cc3ccc(OC)cc3)CC2)nc1C. The van der Waals surface area contributed by atoms with Gasteiger partial charge in [-0.2, -0.15) is 5.26 Å². The summed E-state index contributed by atoms with van der Waals surface area (Å²) in [5.41, 5.74) is 1.54. The topological polar surface area (TPSA) is 139 Å². The summed E-state index contributed by atoms with van der Waals surface area (Å²) in [4.78, 5) is 30.7. The lowest BCUT2D eigenvalue weighted by molar-refractivity contribution is -0.118. The van der Waals surface area contributed by atoms with Crippen LogP contribution in [-0.2, 0) is 26.0 Å². The number of esters is 1. The highest BCUT2D eigenvalue weighted by molar-refractivity contribution is 7.90. The van der Waals surface area contributed by atoms with Gasteiger partial charge >= 0.3 is 5.97 Å². The van der Waals surface area contributed by atoms with E-state index in [1.807, 2.05) is 4.90 Å². The van der Waals surface area contributed by atoms with E-state index in [1.165, 1.54) is 13.2 Å². The lowest BCUT2D eigenvalue weighted by Crippen LogP contribution is -2.46. The molecule has 0 atom stereocenters. The Morgan fingerprint density at radius 3 is 2.46 bits per heavy atom. The summed E-state index contributed by atoms with van der Waals surface area (Å²) in [7, 11) is -2.33. The monoisotopic (exact) mass is 500 g/mol. The van der Waals surface area contributed by atoms with Gasteiger partial charge in [-0.3, -0.25) is 9.52 Å². The zero-order valence-electron chi connectivity index (χ0n) is 19.9. The maximum absolute atomic E-state index is 12.8. The molecule has 1 amide bonds. The third kappa shape index (κ3) is 6.27. The van der Waals surface area contributed by atoms with Crippen LogP contribution < -0.4 is 14.4 Å². The Morgan fingerprint density at radius 2 is 1.89 bits per heavy atom. The van der Waals surface area contributed by atoms with Gasteiger partial charge in [0.05, 0.1) is 42.2 Å². The van der Waals surface area contributed by atoms with Crippen LogP contribution in [0.5, 0.6) is 5.75 Å². The first kappa shape index (κ1) is 26.0. The molecule has 1 fully saturated rings. The van der Waals surface area contributed by atoms with Crippen molar-refractivity contribution in [3.8, 4) is 11.8 Å². The number of methoxy groups -OCH3 is 1. The zero-order chi connectivity index (χ0) is 25.6. The molecule has 0 bridgehead atoms. The van der Waals surface area contributed by atoms with Crippen molar-refractivity contribution in [1.29, 1.82) is 5.26 Å². The fraction of sp³-hybridized carbons (Fsp3) is 0.417. The molecule has 1 aromatic carbocycles. The van der Waals surface area contributed by atoms with E-state index >= 15 is 0 Å². The van der Waals surface area contributed by atoms with Crippen molar-refractivity contribution in [2.75, 3.05) is 31.7 Å². The van der Waals surface area contributed by atoms with E-state index < -0.39 is 27.1 Å². The molecular formula is C24H28N4O6S. The van der Waals surface area contributed by atoms with Gasteiger partial charge in [-0.05, 0) is 50.5 Å². The zero-order valence-corrected chi connectivity index (χ0v) is 20.7. The van der Waals surface area contributed by atoms with E-state index in [9.17, 15) is 23.3 Å². The van der Waals surface area contributed by atoms with E-state index in [0.29, 0.717) is 35.9 Å². The van der Waals surface area contributed by atoms with Crippen molar-refractivity contribution < 1.29 is 27.5 Å². The molecule has 11 heteroatoms. The molecule has 1 N–H and O–H groups in total. The number of pyridine rings is 1. The molecule has 0 saturated carbocycles. The quantitative estimate of drug-likeness (QED) is 0.540. The molecule has 0 radical (unpaired) electrons. The molecule has 3 rings (SSSR count). The molecule has 1 aromatic heterocycles. The number of carbonyl (C=O) groups is 2. The molecule has 1 aliphatic rings. The predicted molar refractivity (Wildman–Crippen MR) is 129 cm³/mol. The van der Waals surface area contributed by atoms with E-state index in [4.69, 9.17) is 9.47 Å². The maximum atomic E-state index is 12.8. The minimum absolute atomic E-state index is 0.0659. The fourth-order valence-corrected chi connectivity index (χ4v) is 5.30. The van der Waals surface area contributed by atoms with Crippen LogP contribution in [0.15, 0.2) is 30.3 Å². The third-order valence-electron chi connectivity index (χ3n) is 5.77. The number of aryl methyl sites for hydroxylation is 1. The Hall–Kier alpha value is -3.65. The van der Waals surface area contributed by atoms with Crippen LogP contribution in [0.2, 0.25) is 0 Å². The summed E-state index contributed by atoms with van der Waals surface area (Å²) in [6.07, 6.45) is 0.455. The van der Waals surface area contributed by atoms with Gasteiger partial charge < -0.3 is 14.4 Å². The van der Waals surface area contributed by atoms with Gasteiger partial charge in [0.15, 0.2) is 0 Å². The van der Waals surface area contributed by atoms with Gasteiger partial charge in [0.25, 0.3) is 0 Å². The number of nitrogens with one attached hydrogen (secondary N) is 1. The van der Waals surface area contributed by atoms with Crippen molar-refractivity contribution in [3.63, 3.8) is 0 Å². The smallest absolute Gasteiger partial charge is 0.340 e. The highest BCUT2D eigenvalue weighted by Gasteiger charge is 2.32. The van der Waals surface area contributed by atoms with Crippen LogP contribution in [0.1, 0.15) is 46.9 Å². The molecule has 2 heterocycles. The Balaban J connectivity index is 1.64. The molecule has 2 aromatic rings. The molecular weight excluding hydrogens is 472 g/mol. The van der Waals surface area contributed by atoms with E-state index in [2.05, 4.69) is 15.8 Å². The van der Waals surface area contributed by atoms with E-state index in [0.717, 1.165) is 0 Å². The number of hydrogen-bond donors (Lipinski definition) is 1. The number of amides is 1. The molecule has 0 unspecified atom stereocenters. The second-order valence-corrected chi connectivity index (χ2v) is 10.1. The van der Waals surface area contributed by atoms with Crippen LogP contribution in [0.4, 0.5) is 5.82 Å². The first-order valence-corrected chi connectivity index (χ1v) is 12.7. The molecule has 1 aliphatic heterocycles. The summed E-state index contributed by atoms with van der Waals surface area (Å²) >= 11 is 0. The molecule has 186 valence electrons. The summed E-state index contributed by atoms with van der Waals surface area (Å²) in [5, 5.41) is 8.84. The van der Waals surface area contributed by atoms with Crippen LogP contribution in [0.3, 0.4) is 0 Å². The number of nitriles is 1. The number of anilines is 1. The van der Waals surface area contributed by atoms with Crippen LogP contribution in [-0.4, -0.2) is 57.3 Å². The summed E-state index contributed by atoms with van der Waals surface area (Å²) in [6.45, 7) is 4.23. The first-order valence-electron chi connectivity index (χ1n) is 11.2.